The van der Waals surface area contributed by atoms with Crippen molar-refractivity contribution in [2.24, 2.45) is 0 Å². The molecule has 0 spiro atoms. The fourth-order valence-corrected chi connectivity index (χ4v) is 1.03. The van der Waals surface area contributed by atoms with E-state index in [1.807, 2.05) is 0 Å². The molecule has 1 aromatic carbocycles. The summed E-state index contributed by atoms with van der Waals surface area (Å²) >= 11 is 2.74. The molecule has 0 amide bonds. The van der Waals surface area contributed by atoms with E-state index in [-0.39, 0.29) is 4.47 Å². The molecule has 0 atom stereocenters. The van der Waals surface area contributed by atoms with E-state index in [1.54, 1.807) is 6.07 Å². The second-order valence-corrected chi connectivity index (χ2v) is 3.05. The highest BCUT2D eigenvalue weighted by atomic mass is 79.9. The molecule has 0 aliphatic carbocycles. The second kappa shape index (κ2) is 4.15. The molecule has 0 N–H and O–H groups in total. The number of nitriles is 1. The zero-order valence-corrected chi connectivity index (χ0v) is 7.98. The summed E-state index contributed by atoms with van der Waals surface area (Å²) in [5, 5.41) is 8.19. The van der Waals surface area contributed by atoms with Crippen molar-refractivity contribution in [3.05, 3.63) is 39.9 Å². The van der Waals surface area contributed by atoms with Crippen LogP contribution in [0, 0.1) is 23.0 Å². The summed E-state index contributed by atoms with van der Waals surface area (Å²) in [7, 11) is 0. The highest BCUT2D eigenvalue weighted by Gasteiger charge is 2.06. The number of hydrogen-bond donors (Lipinski definition) is 0. The van der Waals surface area contributed by atoms with E-state index in [1.165, 1.54) is 6.08 Å². The van der Waals surface area contributed by atoms with Gasteiger partial charge >= 0.3 is 0 Å². The predicted octanol–water partition coefficient (Wildman–Crippen LogP) is 3.26. The third kappa shape index (κ3) is 2.36. The van der Waals surface area contributed by atoms with E-state index in [2.05, 4.69) is 15.9 Å². The van der Waals surface area contributed by atoms with E-state index in [0.717, 1.165) is 18.2 Å². The maximum absolute atomic E-state index is 12.9. The van der Waals surface area contributed by atoms with Crippen molar-refractivity contribution in [1.82, 2.24) is 0 Å². The summed E-state index contributed by atoms with van der Waals surface area (Å²) in [5.74, 6) is -1.37. The molecule has 0 aliphatic rings. The maximum atomic E-state index is 12.9. The van der Waals surface area contributed by atoms with E-state index in [0.29, 0.717) is 5.56 Å². The summed E-state index contributed by atoms with van der Waals surface area (Å²) in [6.07, 6.45) is 2.49. The van der Waals surface area contributed by atoms with Gasteiger partial charge in [0.1, 0.15) is 11.6 Å². The van der Waals surface area contributed by atoms with Gasteiger partial charge in [0.25, 0.3) is 0 Å². The first-order chi connectivity index (χ1) is 6.15. The summed E-state index contributed by atoms with van der Waals surface area (Å²) in [6, 6.07) is 4.01. The van der Waals surface area contributed by atoms with Gasteiger partial charge in [-0.25, -0.2) is 8.78 Å². The minimum Gasteiger partial charge on any atom is -0.206 e. The van der Waals surface area contributed by atoms with Crippen LogP contribution in [0.2, 0.25) is 0 Å². The van der Waals surface area contributed by atoms with Gasteiger partial charge in [-0.05, 0) is 39.7 Å². The predicted molar refractivity (Wildman–Crippen MR) is 48.7 cm³/mol. The Morgan fingerprint density at radius 3 is 2.31 bits per heavy atom. The average molecular weight is 244 g/mol. The minimum absolute atomic E-state index is 0.193. The molecular formula is C9H4BrF2N. The van der Waals surface area contributed by atoms with Crippen molar-refractivity contribution in [1.29, 1.82) is 5.26 Å². The van der Waals surface area contributed by atoms with Crippen molar-refractivity contribution in [2.75, 3.05) is 0 Å². The van der Waals surface area contributed by atoms with Crippen molar-refractivity contribution in [2.45, 2.75) is 0 Å². The molecular weight excluding hydrogens is 240 g/mol. The monoisotopic (exact) mass is 243 g/mol. The second-order valence-electron chi connectivity index (χ2n) is 2.26. The smallest absolute Gasteiger partial charge is 0.140 e. The molecule has 13 heavy (non-hydrogen) atoms. The average Bonchev–Trinajstić information content (AvgIpc) is 2.10. The molecule has 0 heterocycles. The zero-order chi connectivity index (χ0) is 9.84. The zero-order valence-electron chi connectivity index (χ0n) is 6.39. The van der Waals surface area contributed by atoms with Crippen molar-refractivity contribution < 1.29 is 8.78 Å². The van der Waals surface area contributed by atoms with Gasteiger partial charge in [-0.1, -0.05) is 0 Å². The number of rotatable bonds is 1. The number of benzene rings is 1. The van der Waals surface area contributed by atoms with Crippen LogP contribution in [0.5, 0.6) is 0 Å². The molecule has 0 unspecified atom stereocenters. The molecule has 0 aromatic heterocycles. The molecule has 0 fully saturated rings. The fourth-order valence-electron chi connectivity index (χ4n) is 0.805. The van der Waals surface area contributed by atoms with Crippen LogP contribution in [0.15, 0.2) is 22.7 Å². The van der Waals surface area contributed by atoms with E-state index < -0.39 is 11.6 Å². The van der Waals surface area contributed by atoms with Gasteiger partial charge in [0.15, 0.2) is 0 Å². The molecule has 4 heteroatoms. The number of hydrogen-bond acceptors (Lipinski definition) is 1. The third-order valence-electron chi connectivity index (χ3n) is 1.36. The van der Waals surface area contributed by atoms with Crippen LogP contribution in [-0.2, 0) is 0 Å². The molecule has 0 radical (unpaired) electrons. The van der Waals surface area contributed by atoms with Crippen molar-refractivity contribution >= 4 is 22.0 Å². The van der Waals surface area contributed by atoms with Crippen LogP contribution < -0.4 is 0 Å². The van der Waals surface area contributed by atoms with Crippen molar-refractivity contribution in [3.63, 3.8) is 0 Å². The molecule has 1 rings (SSSR count). The summed E-state index contributed by atoms with van der Waals surface area (Å²) in [4.78, 5) is 0. The van der Waals surface area contributed by atoms with Crippen LogP contribution in [0.1, 0.15) is 5.56 Å². The van der Waals surface area contributed by atoms with E-state index in [4.69, 9.17) is 5.26 Å². The SMILES string of the molecule is N#CC=Cc1cc(F)c(Br)c(F)c1. The summed E-state index contributed by atoms with van der Waals surface area (Å²) < 4.78 is 25.5. The number of halogens is 3. The van der Waals surface area contributed by atoms with Crippen LogP contribution >= 0.6 is 15.9 Å². The molecule has 1 nitrogen and oxygen atoms in total. The van der Waals surface area contributed by atoms with Crippen molar-refractivity contribution in [3.8, 4) is 6.07 Å². The van der Waals surface area contributed by atoms with Gasteiger partial charge in [0.05, 0.1) is 10.5 Å². The standard InChI is InChI=1S/C9H4BrF2N/c10-9-7(11)4-6(2-1-3-13)5-8(9)12/h1-2,4-5H. The fraction of sp³-hybridized carbons (Fsp3) is 0. The Bertz CT molecular complexity index is 370. The Hall–Kier alpha value is -1.21. The largest absolute Gasteiger partial charge is 0.206 e. The Kier molecular flexibility index (Phi) is 3.15. The minimum atomic E-state index is -0.683. The maximum Gasteiger partial charge on any atom is 0.140 e. The topological polar surface area (TPSA) is 23.8 Å². The lowest BCUT2D eigenvalue weighted by Crippen LogP contribution is -1.85. The summed E-state index contributed by atoms with van der Waals surface area (Å²) in [6.45, 7) is 0. The Labute approximate surface area is 82.4 Å². The quantitative estimate of drug-likeness (QED) is 0.549. The van der Waals surface area contributed by atoms with Gasteiger partial charge in [0.2, 0.25) is 0 Å². The van der Waals surface area contributed by atoms with Gasteiger partial charge < -0.3 is 0 Å². The normalized spacial score (nSPS) is 10.3. The van der Waals surface area contributed by atoms with Crippen LogP contribution in [0.4, 0.5) is 8.78 Å². The van der Waals surface area contributed by atoms with Crippen LogP contribution in [-0.4, -0.2) is 0 Å². The molecule has 0 aliphatic heterocycles. The van der Waals surface area contributed by atoms with Gasteiger partial charge in [-0.3, -0.25) is 0 Å². The molecule has 0 saturated heterocycles. The highest BCUT2D eigenvalue weighted by molar-refractivity contribution is 9.10. The van der Waals surface area contributed by atoms with Gasteiger partial charge in [-0.2, -0.15) is 5.26 Å². The Morgan fingerprint density at radius 2 is 1.85 bits per heavy atom. The lowest BCUT2D eigenvalue weighted by atomic mass is 10.2. The van der Waals surface area contributed by atoms with E-state index in [9.17, 15) is 8.78 Å². The van der Waals surface area contributed by atoms with Crippen LogP contribution in [0.25, 0.3) is 6.08 Å². The van der Waals surface area contributed by atoms with E-state index >= 15 is 0 Å². The molecule has 1 aromatic rings. The first-order valence-electron chi connectivity index (χ1n) is 3.36. The lowest BCUT2D eigenvalue weighted by Gasteiger charge is -1.98. The van der Waals surface area contributed by atoms with Gasteiger partial charge in [-0.15, -0.1) is 0 Å². The summed E-state index contributed by atoms with van der Waals surface area (Å²) in [5.41, 5.74) is 0.319. The Morgan fingerprint density at radius 1 is 1.31 bits per heavy atom. The number of nitrogens with zero attached hydrogens (tertiary/aromatic N) is 1. The lowest BCUT2D eigenvalue weighted by molar-refractivity contribution is 0.571. The van der Waals surface area contributed by atoms with Crippen LogP contribution in [0.3, 0.4) is 0 Å². The third-order valence-corrected chi connectivity index (χ3v) is 2.11. The Balaban J connectivity index is 3.15. The highest BCUT2D eigenvalue weighted by Crippen LogP contribution is 2.21. The first-order valence-corrected chi connectivity index (χ1v) is 4.15. The first kappa shape index (κ1) is 9.87. The molecule has 0 saturated carbocycles. The number of allylic oxidation sites excluding steroid dienone is 1. The molecule has 0 bridgehead atoms. The molecule has 66 valence electrons. The van der Waals surface area contributed by atoms with Gasteiger partial charge in [0, 0.05) is 6.08 Å².